The number of benzene rings is 1. The summed E-state index contributed by atoms with van der Waals surface area (Å²) in [6.45, 7) is 5.91. The molecule has 0 aliphatic carbocycles. The number of urea groups is 1. The predicted octanol–water partition coefficient (Wildman–Crippen LogP) is 2.12. The first-order valence-corrected chi connectivity index (χ1v) is 9.11. The summed E-state index contributed by atoms with van der Waals surface area (Å²) in [5.41, 5.74) is -0.922. The van der Waals surface area contributed by atoms with Gasteiger partial charge in [0.1, 0.15) is 36.8 Å². The Hall–Kier alpha value is -2.77. The van der Waals surface area contributed by atoms with Crippen molar-refractivity contribution in [3.63, 3.8) is 0 Å². The van der Waals surface area contributed by atoms with Crippen LogP contribution in [0.1, 0.15) is 33.6 Å². The van der Waals surface area contributed by atoms with Crippen LogP contribution in [0.2, 0.25) is 0 Å². The molecule has 1 aliphatic rings. The highest BCUT2D eigenvalue weighted by Gasteiger charge is 2.49. The number of amides is 3. The molecule has 0 unspecified atom stereocenters. The average Bonchev–Trinajstić information content (AvgIpc) is 2.91. The number of carbonyl (C=O) groups is 3. The zero-order chi connectivity index (χ0) is 19.9. The summed E-state index contributed by atoms with van der Waals surface area (Å²) < 4.78 is 15.9. The van der Waals surface area contributed by atoms with E-state index in [0.29, 0.717) is 25.2 Å². The van der Waals surface area contributed by atoms with E-state index < -0.39 is 24.1 Å². The third-order valence-corrected chi connectivity index (χ3v) is 4.49. The van der Waals surface area contributed by atoms with Crippen LogP contribution >= 0.6 is 0 Å². The van der Waals surface area contributed by atoms with Crippen LogP contribution in [0.4, 0.5) is 4.79 Å². The number of nitrogens with one attached hydrogen (secondary N) is 1. The Morgan fingerprint density at radius 1 is 1.00 bits per heavy atom. The van der Waals surface area contributed by atoms with Crippen molar-refractivity contribution in [3.8, 4) is 11.5 Å². The fourth-order valence-corrected chi connectivity index (χ4v) is 2.84. The molecule has 1 fully saturated rings. The second-order valence-corrected chi connectivity index (χ2v) is 6.08. The van der Waals surface area contributed by atoms with Crippen molar-refractivity contribution < 1.29 is 28.6 Å². The molecule has 8 nitrogen and oxygen atoms in total. The van der Waals surface area contributed by atoms with Gasteiger partial charge in [-0.25, -0.2) is 4.79 Å². The average molecular weight is 378 g/mol. The molecule has 0 saturated carbocycles. The molecule has 1 aromatic carbocycles. The second kappa shape index (κ2) is 9.25. The van der Waals surface area contributed by atoms with Gasteiger partial charge in [-0.05, 0) is 44.0 Å². The van der Waals surface area contributed by atoms with Gasteiger partial charge in [0.05, 0.1) is 6.61 Å². The molecule has 27 heavy (non-hydrogen) atoms. The van der Waals surface area contributed by atoms with Gasteiger partial charge in [-0.3, -0.25) is 14.5 Å². The minimum absolute atomic E-state index is 0.0163. The molecule has 148 valence electrons. The Kier molecular flexibility index (Phi) is 7.04. The van der Waals surface area contributed by atoms with E-state index >= 15 is 0 Å². The zero-order valence-corrected chi connectivity index (χ0v) is 15.9. The van der Waals surface area contributed by atoms with Crippen LogP contribution in [0.25, 0.3) is 0 Å². The Morgan fingerprint density at radius 3 is 2.11 bits per heavy atom. The van der Waals surface area contributed by atoms with Gasteiger partial charge in [0.25, 0.3) is 5.91 Å². The van der Waals surface area contributed by atoms with E-state index in [1.165, 1.54) is 0 Å². The molecule has 1 aliphatic heterocycles. The van der Waals surface area contributed by atoms with Gasteiger partial charge in [-0.1, -0.05) is 13.8 Å². The van der Waals surface area contributed by atoms with Gasteiger partial charge >= 0.3 is 12.0 Å². The highest BCUT2D eigenvalue weighted by atomic mass is 16.6. The van der Waals surface area contributed by atoms with Gasteiger partial charge in [0, 0.05) is 0 Å². The number of rotatable bonds is 10. The quantitative estimate of drug-likeness (QED) is 0.381. The fourth-order valence-electron chi connectivity index (χ4n) is 2.84. The van der Waals surface area contributed by atoms with Crippen molar-refractivity contribution in [1.82, 2.24) is 10.2 Å². The van der Waals surface area contributed by atoms with Crippen LogP contribution in [0.15, 0.2) is 24.3 Å². The first kappa shape index (κ1) is 20.5. The number of hydrogen-bond acceptors (Lipinski definition) is 6. The molecule has 0 radical (unpaired) electrons. The highest BCUT2D eigenvalue weighted by Crippen LogP contribution is 2.24. The molecule has 0 aromatic heterocycles. The van der Waals surface area contributed by atoms with E-state index in [1.54, 1.807) is 24.3 Å². The van der Waals surface area contributed by atoms with Gasteiger partial charge in [0.15, 0.2) is 0 Å². The van der Waals surface area contributed by atoms with Crippen molar-refractivity contribution in [3.05, 3.63) is 24.3 Å². The van der Waals surface area contributed by atoms with Crippen LogP contribution in [0.3, 0.4) is 0 Å². The minimum atomic E-state index is -0.922. The number of carbonyl (C=O) groups excluding carboxylic acids is 3. The van der Waals surface area contributed by atoms with E-state index in [2.05, 4.69) is 5.32 Å². The van der Waals surface area contributed by atoms with Crippen LogP contribution in [-0.2, 0) is 14.3 Å². The minimum Gasteiger partial charge on any atom is -0.494 e. The lowest BCUT2D eigenvalue weighted by molar-refractivity contribution is -0.148. The maximum Gasteiger partial charge on any atom is 0.326 e. The maximum atomic E-state index is 12.4. The van der Waals surface area contributed by atoms with Crippen molar-refractivity contribution in [2.45, 2.75) is 39.2 Å². The Morgan fingerprint density at radius 2 is 1.59 bits per heavy atom. The summed E-state index contributed by atoms with van der Waals surface area (Å²) in [6.07, 6.45) is 0.936. The lowest BCUT2D eigenvalue weighted by Crippen LogP contribution is -2.46. The predicted molar refractivity (Wildman–Crippen MR) is 97.6 cm³/mol. The number of imide groups is 1. The molecule has 0 atom stereocenters. The number of esters is 1. The van der Waals surface area contributed by atoms with Gasteiger partial charge in [-0.15, -0.1) is 0 Å². The second-order valence-electron chi connectivity index (χ2n) is 6.08. The van der Waals surface area contributed by atoms with E-state index in [0.717, 1.165) is 10.6 Å². The molecule has 2 rings (SSSR count). The summed E-state index contributed by atoms with van der Waals surface area (Å²) in [7, 11) is 0. The largest absolute Gasteiger partial charge is 0.494 e. The SMILES string of the molecule is CCOc1ccc(OCCOC(=O)CN2C(=O)NC(CC)(CC)C2=O)cc1. The lowest BCUT2D eigenvalue weighted by Gasteiger charge is -2.22. The molecule has 1 heterocycles. The van der Waals surface area contributed by atoms with Crippen molar-refractivity contribution in [1.29, 1.82) is 0 Å². The maximum absolute atomic E-state index is 12.4. The summed E-state index contributed by atoms with van der Waals surface area (Å²) in [5.74, 6) is 0.330. The topological polar surface area (TPSA) is 94.2 Å². The van der Waals surface area contributed by atoms with Gasteiger partial charge in [-0.2, -0.15) is 0 Å². The molecule has 1 saturated heterocycles. The van der Waals surface area contributed by atoms with Crippen LogP contribution < -0.4 is 14.8 Å². The third-order valence-electron chi connectivity index (χ3n) is 4.49. The lowest BCUT2D eigenvalue weighted by atomic mass is 9.93. The van der Waals surface area contributed by atoms with Crippen molar-refractivity contribution in [2.75, 3.05) is 26.4 Å². The smallest absolute Gasteiger partial charge is 0.326 e. The number of nitrogens with zero attached hydrogens (tertiary/aromatic N) is 1. The van der Waals surface area contributed by atoms with Gasteiger partial charge in [0.2, 0.25) is 0 Å². The number of ether oxygens (including phenoxy) is 3. The van der Waals surface area contributed by atoms with Crippen LogP contribution in [0, 0.1) is 0 Å². The summed E-state index contributed by atoms with van der Waals surface area (Å²) in [4.78, 5) is 37.3. The molecule has 3 amide bonds. The van der Waals surface area contributed by atoms with Crippen LogP contribution in [0.5, 0.6) is 11.5 Å². The van der Waals surface area contributed by atoms with E-state index in [1.807, 2.05) is 20.8 Å². The third kappa shape index (κ3) is 4.90. The van der Waals surface area contributed by atoms with Crippen LogP contribution in [-0.4, -0.2) is 54.7 Å². The first-order chi connectivity index (χ1) is 13.0. The Bertz CT molecular complexity index is 669. The highest BCUT2D eigenvalue weighted by molar-refractivity contribution is 6.08. The zero-order valence-electron chi connectivity index (χ0n) is 15.9. The summed E-state index contributed by atoms with van der Waals surface area (Å²) >= 11 is 0. The molecular weight excluding hydrogens is 352 g/mol. The molecule has 1 N–H and O–H groups in total. The molecule has 0 spiro atoms. The van der Waals surface area contributed by atoms with Gasteiger partial charge < -0.3 is 19.5 Å². The normalized spacial score (nSPS) is 15.4. The molecule has 8 heteroatoms. The van der Waals surface area contributed by atoms with Crippen molar-refractivity contribution >= 4 is 17.9 Å². The summed E-state index contributed by atoms with van der Waals surface area (Å²) in [5, 5.41) is 2.67. The molecular formula is C19H26N2O6. The first-order valence-electron chi connectivity index (χ1n) is 9.11. The van der Waals surface area contributed by atoms with E-state index in [4.69, 9.17) is 14.2 Å². The van der Waals surface area contributed by atoms with E-state index in [-0.39, 0.29) is 19.1 Å². The molecule has 0 bridgehead atoms. The fraction of sp³-hybridized carbons (Fsp3) is 0.526. The Balaban J connectivity index is 1.75. The van der Waals surface area contributed by atoms with E-state index in [9.17, 15) is 14.4 Å². The monoisotopic (exact) mass is 378 g/mol. The summed E-state index contributed by atoms with van der Waals surface area (Å²) in [6, 6.07) is 6.53. The Labute approximate surface area is 158 Å². The standard InChI is InChI=1S/C19H26N2O6/c1-4-19(5-2)17(23)21(18(24)20-19)13-16(22)27-12-11-26-15-9-7-14(8-10-15)25-6-3/h7-10H,4-6,11-13H2,1-3H3,(H,20,24). The van der Waals surface area contributed by atoms with Crippen molar-refractivity contribution in [2.24, 2.45) is 0 Å². The number of hydrogen-bond donors (Lipinski definition) is 1. The molecule has 1 aromatic rings.